The molecule has 1 aliphatic rings. The standard InChI is InChI=1S/C21H12ClFN2O4S/c22-14-9-11(5-7-13(14)20(27)28)17-8-6-12(29-17)10-18-19(26)25-21(30-18)24-16-4-2-1-3-15(16)23/h1-10H,(H,27,28)(H,24,25,26)/b18-10-. The van der Waals surface area contributed by atoms with E-state index in [0.29, 0.717) is 22.0 Å². The number of halogens is 2. The van der Waals surface area contributed by atoms with Gasteiger partial charge in [0.05, 0.1) is 15.5 Å². The van der Waals surface area contributed by atoms with Gasteiger partial charge in [-0.2, -0.15) is 0 Å². The van der Waals surface area contributed by atoms with Gasteiger partial charge in [-0.05, 0) is 48.2 Å². The molecule has 6 nitrogen and oxygen atoms in total. The molecular formula is C21H12ClFN2O4S. The first-order valence-corrected chi connectivity index (χ1v) is 9.77. The van der Waals surface area contributed by atoms with Gasteiger partial charge in [-0.15, -0.1) is 0 Å². The molecule has 0 atom stereocenters. The third kappa shape index (κ3) is 4.14. The van der Waals surface area contributed by atoms with Crippen LogP contribution < -0.4 is 5.32 Å². The Balaban J connectivity index is 1.56. The number of thioether (sulfide) groups is 1. The van der Waals surface area contributed by atoms with E-state index in [9.17, 15) is 14.0 Å². The number of aromatic carboxylic acids is 1. The van der Waals surface area contributed by atoms with Crippen LogP contribution in [0, 0.1) is 5.82 Å². The van der Waals surface area contributed by atoms with Crippen LogP contribution in [-0.4, -0.2) is 22.2 Å². The molecule has 1 aromatic heterocycles. The van der Waals surface area contributed by atoms with Crippen LogP contribution in [0.1, 0.15) is 16.1 Å². The average Bonchev–Trinajstić information content (AvgIpc) is 3.30. The summed E-state index contributed by atoms with van der Waals surface area (Å²) in [6, 6.07) is 13.8. The first kappa shape index (κ1) is 19.9. The van der Waals surface area contributed by atoms with Gasteiger partial charge in [0.15, 0.2) is 5.17 Å². The summed E-state index contributed by atoms with van der Waals surface area (Å²) < 4.78 is 19.5. The van der Waals surface area contributed by atoms with E-state index in [0.717, 1.165) is 11.8 Å². The Labute approximate surface area is 179 Å². The summed E-state index contributed by atoms with van der Waals surface area (Å²) in [6.07, 6.45) is 1.54. The van der Waals surface area contributed by atoms with Gasteiger partial charge >= 0.3 is 5.97 Å². The number of amides is 1. The molecule has 0 unspecified atom stereocenters. The molecule has 0 saturated carbocycles. The Morgan fingerprint density at radius 2 is 2.00 bits per heavy atom. The maximum atomic E-state index is 13.7. The largest absolute Gasteiger partial charge is 0.478 e. The van der Waals surface area contributed by atoms with Crippen LogP contribution in [0.5, 0.6) is 0 Å². The maximum Gasteiger partial charge on any atom is 0.337 e. The van der Waals surface area contributed by atoms with Crippen molar-refractivity contribution in [2.45, 2.75) is 0 Å². The Morgan fingerprint density at radius 3 is 2.73 bits per heavy atom. The predicted octanol–water partition coefficient (Wildman–Crippen LogP) is 5.33. The first-order valence-electron chi connectivity index (χ1n) is 8.58. The second-order valence-electron chi connectivity index (χ2n) is 6.13. The molecule has 1 saturated heterocycles. The molecule has 3 aromatic rings. The minimum Gasteiger partial charge on any atom is -0.478 e. The summed E-state index contributed by atoms with van der Waals surface area (Å²) in [4.78, 5) is 27.7. The van der Waals surface area contributed by atoms with Crippen LogP contribution in [0.15, 0.2) is 68.9 Å². The summed E-state index contributed by atoms with van der Waals surface area (Å²) in [5, 5.41) is 12.0. The van der Waals surface area contributed by atoms with Gasteiger partial charge in [0.1, 0.15) is 23.0 Å². The molecule has 1 fully saturated rings. The highest BCUT2D eigenvalue weighted by Crippen LogP contribution is 2.31. The van der Waals surface area contributed by atoms with E-state index in [-0.39, 0.29) is 27.3 Å². The second-order valence-corrected chi connectivity index (χ2v) is 7.57. The summed E-state index contributed by atoms with van der Waals surface area (Å²) in [5.41, 5.74) is 0.721. The highest BCUT2D eigenvalue weighted by Gasteiger charge is 2.24. The minimum absolute atomic E-state index is 0.00462. The monoisotopic (exact) mass is 442 g/mol. The SMILES string of the molecule is O=C1NC(=Nc2ccccc2F)S/C1=C\c1ccc(-c2ccc(C(=O)O)c(Cl)c2)o1. The quantitative estimate of drug-likeness (QED) is 0.533. The molecule has 9 heteroatoms. The number of carboxylic acid groups (broad SMARTS) is 1. The highest BCUT2D eigenvalue weighted by molar-refractivity contribution is 8.18. The number of carbonyl (C=O) groups excluding carboxylic acids is 1. The maximum absolute atomic E-state index is 13.7. The Morgan fingerprint density at radius 1 is 1.20 bits per heavy atom. The van der Waals surface area contributed by atoms with Crippen molar-refractivity contribution in [2.75, 3.05) is 0 Å². The normalized spacial score (nSPS) is 16.3. The third-order valence-corrected chi connectivity index (χ3v) is 5.33. The van der Waals surface area contributed by atoms with E-state index < -0.39 is 11.8 Å². The number of hydrogen-bond donors (Lipinski definition) is 2. The van der Waals surface area contributed by atoms with Gasteiger partial charge < -0.3 is 14.8 Å². The molecule has 0 spiro atoms. The number of furan rings is 1. The van der Waals surface area contributed by atoms with Crippen LogP contribution >= 0.6 is 23.4 Å². The van der Waals surface area contributed by atoms with Gasteiger partial charge in [0, 0.05) is 11.6 Å². The summed E-state index contributed by atoms with van der Waals surface area (Å²) in [6.45, 7) is 0. The van der Waals surface area contributed by atoms with Crippen molar-refractivity contribution in [1.29, 1.82) is 0 Å². The lowest BCUT2D eigenvalue weighted by molar-refractivity contribution is -0.115. The lowest BCUT2D eigenvalue weighted by Crippen LogP contribution is -2.19. The van der Waals surface area contributed by atoms with Crippen LogP contribution in [0.25, 0.3) is 17.4 Å². The minimum atomic E-state index is -1.12. The van der Waals surface area contributed by atoms with Gasteiger partial charge in [0.2, 0.25) is 0 Å². The third-order valence-electron chi connectivity index (χ3n) is 4.11. The molecule has 4 rings (SSSR count). The molecule has 0 radical (unpaired) electrons. The van der Waals surface area contributed by atoms with Crippen LogP contribution in [0.2, 0.25) is 5.02 Å². The fourth-order valence-electron chi connectivity index (χ4n) is 2.69. The topological polar surface area (TPSA) is 91.9 Å². The van der Waals surface area contributed by atoms with Crippen LogP contribution in [0.4, 0.5) is 10.1 Å². The van der Waals surface area contributed by atoms with Crippen LogP contribution in [-0.2, 0) is 4.79 Å². The van der Waals surface area contributed by atoms with Crippen LogP contribution in [0.3, 0.4) is 0 Å². The second kappa shape index (κ2) is 8.17. The number of amidine groups is 1. The number of nitrogens with zero attached hydrogens (tertiary/aromatic N) is 1. The molecule has 1 aliphatic heterocycles. The van der Waals surface area contributed by atoms with Gasteiger partial charge in [-0.1, -0.05) is 29.8 Å². The Bertz CT molecular complexity index is 1240. The van der Waals surface area contributed by atoms with Crippen molar-refractivity contribution in [3.05, 3.63) is 81.7 Å². The lowest BCUT2D eigenvalue weighted by atomic mass is 10.1. The van der Waals surface area contributed by atoms with Crippen molar-refractivity contribution in [1.82, 2.24) is 5.32 Å². The molecule has 2 aromatic carbocycles. The molecule has 2 N–H and O–H groups in total. The number of nitrogens with one attached hydrogen (secondary N) is 1. The van der Waals surface area contributed by atoms with E-state index >= 15 is 0 Å². The molecular weight excluding hydrogens is 431 g/mol. The van der Waals surface area contributed by atoms with Crippen molar-refractivity contribution in [2.24, 2.45) is 4.99 Å². The molecule has 0 aliphatic carbocycles. The number of aliphatic imine (C=N–C) groups is 1. The fraction of sp³-hybridized carbons (Fsp3) is 0. The number of para-hydroxylation sites is 1. The molecule has 0 bridgehead atoms. The zero-order valence-electron chi connectivity index (χ0n) is 15.1. The number of carboxylic acids is 1. The van der Waals surface area contributed by atoms with E-state index in [1.807, 2.05) is 0 Å². The first-order chi connectivity index (χ1) is 14.4. The number of carbonyl (C=O) groups is 2. The molecule has 150 valence electrons. The highest BCUT2D eigenvalue weighted by atomic mass is 35.5. The van der Waals surface area contributed by atoms with Gasteiger partial charge in [-0.3, -0.25) is 4.79 Å². The number of benzene rings is 2. The number of rotatable bonds is 4. The molecule has 30 heavy (non-hydrogen) atoms. The van der Waals surface area contributed by atoms with Crippen molar-refractivity contribution >= 4 is 52.2 Å². The van der Waals surface area contributed by atoms with E-state index in [1.54, 1.807) is 36.4 Å². The zero-order chi connectivity index (χ0) is 21.3. The fourth-order valence-corrected chi connectivity index (χ4v) is 3.77. The predicted molar refractivity (Wildman–Crippen MR) is 113 cm³/mol. The zero-order valence-corrected chi connectivity index (χ0v) is 16.6. The Hall–Kier alpha value is -3.36. The molecule has 1 amide bonds. The lowest BCUT2D eigenvalue weighted by Gasteiger charge is -2.01. The van der Waals surface area contributed by atoms with E-state index in [2.05, 4.69) is 10.3 Å². The Kier molecular flexibility index (Phi) is 5.43. The van der Waals surface area contributed by atoms with E-state index in [4.69, 9.17) is 21.1 Å². The summed E-state index contributed by atoms with van der Waals surface area (Å²) >= 11 is 7.07. The van der Waals surface area contributed by atoms with Gasteiger partial charge in [-0.25, -0.2) is 14.2 Å². The summed E-state index contributed by atoms with van der Waals surface area (Å²) in [7, 11) is 0. The van der Waals surface area contributed by atoms with Crippen molar-refractivity contribution in [3.63, 3.8) is 0 Å². The summed E-state index contributed by atoms with van der Waals surface area (Å²) in [5.74, 6) is -1.10. The number of hydrogen-bond acceptors (Lipinski definition) is 5. The van der Waals surface area contributed by atoms with Crippen molar-refractivity contribution < 1.29 is 23.5 Å². The average molecular weight is 443 g/mol. The van der Waals surface area contributed by atoms with Gasteiger partial charge in [0.25, 0.3) is 5.91 Å². The van der Waals surface area contributed by atoms with E-state index in [1.165, 1.54) is 24.3 Å². The van der Waals surface area contributed by atoms with Crippen molar-refractivity contribution in [3.8, 4) is 11.3 Å². The smallest absolute Gasteiger partial charge is 0.337 e. The molecule has 2 heterocycles.